The van der Waals surface area contributed by atoms with Crippen molar-refractivity contribution in [2.24, 2.45) is 0 Å². The molecule has 0 radical (unpaired) electrons. The lowest BCUT2D eigenvalue weighted by atomic mass is 10.3. The molecule has 0 aliphatic carbocycles. The number of benzene rings is 1. The fourth-order valence-corrected chi connectivity index (χ4v) is 3.06. The molecule has 0 fully saturated rings. The fraction of sp³-hybridized carbons (Fsp3) is 0.167. The van der Waals surface area contributed by atoms with E-state index in [0.29, 0.717) is 5.75 Å². The number of hydrogen-bond acceptors (Lipinski definition) is 3. The Morgan fingerprint density at radius 1 is 1.24 bits per heavy atom. The molecule has 0 amide bonds. The van der Waals surface area contributed by atoms with Gasteiger partial charge in [-0.05, 0) is 40.9 Å². The molecule has 2 N–H and O–H groups in total. The fourth-order valence-electron chi connectivity index (χ4n) is 1.42. The molecule has 0 aliphatic heterocycles. The van der Waals surface area contributed by atoms with Gasteiger partial charge < -0.3 is 5.73 Å². The van der Waals surface area contributed by atoms with E-state index in [-0.39, 0.29) is 10.6 Å². The number of rotatable bonds is 4. The minimum atomic E-state index is -0.585. The predicted octanol–water partition coefficient (Wildman–Crippen LogP) is 3.94. The SMILES string of the molecule is Nc1cc(F)c(SCCc2ccsc2)c(F)c1. The van der Waals surface area contributed by atoms with Crippen LogP contribution < -0.4 is 5.73 Å². The molecule has 90 valence electrons. The highest BCUT2D eigenvalue weighted by molar-refractivity contribution is 7.99. The van der Waals surface area contributed by atoms with Crippen LogP contribution in [0.1, 0.15) is 5.56 Å². The van der Waals surface area contributed by atoms with Crippen molar-refractivity contribution >= 4 is 28.8 Å². The highest BCUT2D eigenvalue weighted by Gasteiger charge is 2.10. The summed E-state index contributed by atoms with van der Waals surface area (Å²) >= 11 is 2.80. The Hall–Kier alpha value is -1.07. The van der Waals surface area contributed by atoms with Crippen molar-refractivity contribution in [2.45, 2.75) is 11.3 Å². The first kappa shape index (κ1) is 12.4. The lowest BCUT2D eigenvalue weighted by Crippen LogP contribution is -1.95. The average molecular weight is 271 g/mol. The van der Waals surface area contributed by atoms with Crippen LogP contribution >= 0.6 is 23.1 Å². The molecule has 0 aliphatic rings. The molecule has 0 bridgehead atoms. The van der Waals surface area contributed by atoms with Gasteiger partial charge >= 0.3 is 0 Å². The van der Waals surface area contributed by atoms with Gasteiger partial charge in [-0.1, -0.05) is 0 Å². The van der Waals surface area contributed by atoms with Gasteiger partial charge in [0, 0.05) is 11.4 Å². The summed E-state index contributed by atoms with van der Waals surface area (Å²) in [7, 11) is 0. The molecule has 2 aromatic rings. The van der Waals surface area contributed by atoms with Gasteiger partial charge in [-0.25, -0.2) is 8.78 Å². The van der Waals surface area contributed by atoms with Gasteiger partial charge in [0.05, 0.1) is 4.90 Å². The smallest absolute Gasteiger partial charge is 0.141 e. The first-order valence-electron chi connectivity index (χ1n) is 5.05. The van der Waals surface area contributed by atoms with Gasteiger partial charge in [0.15, 0.2) is 0 Å². The van der Waals surface area contributed by atoms with Gasteiger partial charge in [-0.3, -0.25) is 0 Å². The Balaban J connectivity index is 1.99. The maximum absolute atomic E-state index is 13.4. The third-order valence-electron chi connectivity index (χ3n) is 2.24. The lowest BCUT2D eigenvalue weighted by molar-refractivity contribution is 0.542. The van der Waals surface area contributed by atoms with Crippen LogP contribution in [0.25, 0.3) is 0 Å². The molecule has 1 aromatic heterocycles. The molecule has 0 atom stereocenters. The van der Waals surface area contributed by atoms with E-state index in [9.17, 15) is 8.78 Å². The van der Waals surface area contributed by atoms with Crippen LogP contribution in [0.4, 0.5) is 14.5 Å². The third kappa shape index (κ3) is 3.20. The van der Waals surface area contributed by atoms with Crippen LogP contribution in [0, 0.1) is 11.6 Å². The molecule has 0 saturated carbocycles. The van der Waals surface area contributed by atoms with E-state index in [4.69, 9.17) is 5.73 Å². The van der Waals surface area contributed by atoms with E-state index in [1.165, 1.54) is 17.3 Å². The lowest BCUT2D eigenvalue weighted by Gasteiger charge is -2.05. The highest BCUT2D eigenvalue weighted by Crippen LogP contribution is 2.27. The van der Waals surface area contributed by atoms with Crippen molar-refractivity contribution in [1.29, 1.82) is 0 Å². The van der Waals surface area contributed by atoms with Crippen LogP contribution in [0.3, 0.4) is 0 Å². The van der Waals surface area contributed by atoms with Crippen molar-refractivity contribution in [3.05, 3.63) is 46.2 Å². The largest absolute Gasteiger partial charge is 0.399 e. The Morgan fingerprint density at radius 2 is 1.94 bits per heavy atom. The van der Waals surface area contributed by atoms with E-state index in [0.717, 1.165) is 18.6 Å². The summed E-state index contributed by atoms with van der Waals surface area (Å²) in [6.45, 7) is 0. The van der Waals surface area contributed by atoms with Crippen LogP contribution in [0.2, 0.25) is 0 Å². The zero-order valence-electron chi connectivity index (χ0n) is 8.95. The Kier molecular flexibility index (Phi) is 4.02. The van der Waals surface area contributed by atoms with Crippen LogP contribution in [0.5, 0.6) is 0 Å². The molecule has 2 rings (SSSR count). The maximum atomic E-state index is 13.4. The van der Waals surface area contributed by atoms with E-state index < -0.39 is 11.6 Å². The molecule has 0 unspecified atom stereocenters. The van der Waals surface area contributed by atoms with Gasteiger partial charge in [-0.15, -0.1) is 11.8 Å². The molecule has 0 saturated heterocycles. The number of anilines is 1. The van der Waals surface area contributed by atoms with Crippen molar-refractivity contribution in [3.8, 4) is 0 Å². The van der Waals surface area contributed by atoms with Crippen LogP contribution in [-0.4, -0.2) is 5.75 Å². The van der Waals surface area contributed by atoms with Crippen molar-refractivity contribution in [1.82, 2.24) is 0 Å². The number of aryl methyl sites for hydroxylation is 1. The average Bonchev–Trinajstić information content (AvgIpc) is 2.74. The first-order chi connectivity index (χ1) is 8.16. The Labute approximate surface area is 107 Å². The van der Waals surface area contributed by atoms with E-state index >= 15 is 0 Å². The molecule has 0 spiro atoms. The molecule has 1 aromatic carbocycles. The van der Waals surface area contributed by atoms with Crippen LogP contribution in [0.15, 0.2) is 33.9 Å². The zero-order valence-corrected chi connectivity index (χ0v) is 10.6. The standard InChI is InChI=1S/C12H11F2NS2/c13-10-5-9(15)6-11(14)12(10)17-4-2-8-1-3-16-7-8/h1,3,5-7H,2,4,15H2. The molecule has 5 heteroatoms. The van der Waals surface area contributed by atoms with E-state index in [2.05, 4.69) is 0 Å². The molecular weight excluding hydrogens is 260 g/mol. The quantitative estimate of drug-likeness (QED) is 0.673. The molecular formula is C12H11F2NS2. The number of nitrogens with two attached hydrogens (primary N) is 1. The highest BCUT2D eigenvalue weighted by atomic mass is 32.2. The minimum Gasteiger partial charge on any atom is -0.399 e. The second-order valence-electron chi connectivity index (χ2n) is 3.54. The summed E-state index contributed by atoms with van der Waals surface area (Å²) in [5.74, 6) is -0.523. The van der Waals surface area contributed by atoms with E-state index in [1.54, 1.807) is 11.3 Å². The normalized spacial score (nSPS) is 10.7. The van der Waals surface area contributed by atoms with Crippen LogP contribution in [-0.2, 0) is 6.42 Å². The number of hydrogen-bond donors (Lipinski definition) is 1. The van der Waals surface area contributed by atoms with E-state index in [1.807, 2.05) is 16.8 Å². The Morgan fingerprint density at radius 3 is 2.53 bits per heavy atom. The molecule has 1 heterocycles. The van der Waals surface area contributed by atoms with Gasteiger partial charge in [0.25, 0.3) is 0 Å². The van der Waals surface area contributed by atoms with Gasteiger partial charge in [0.1, 0.15) is 11.6 Å². The van der Waals surface area contributed by atoms with Gasteiger partial charge in [-0.2, -0.15) is 11.3 Å². The van der Waals surface area contributed by atoms with Crippen molar-refractivity contribution < 1.29 is 8.78 Å². The summed E-state index contributed by atoms with van der Waals surface area (Å²) in [6.07, 6.45) is 0.803. The van der Waals surface area contributed by atoms with Crippen molar-refractivity contribution in [2.75, 3.05) is 11.5 Å². The summed E-state index contributed by atoms with van der Waals surface area (Å²) in [5.41, 5.74) is 6.65. The monoisotopic (exact) mass is 271 g/mol. The first-order valence-corrected chi connectivity index (χ1v) is 6.98. The summed E-state index contributed by atoms with van der Waals surface area (Å²) in [4.78, 5) is 0.0504. The number of thiophene rings is 1. The van der Waals surface area contributed by atoms with Gasteiger partial charge in [0.2, 0.25) is 0 Å². The zero-order chi connectivity index (χ0) is 12.3. The number of halogens is 2. The summed E-state index contributed by atoms with van der Waals surface area (Å²) in [5, 5.41) is 4.03. The maximum Gasteiger partial charge on any atom is 0.141 e. The molecule has 1 nitrogen and oxygen atoms in total. The summed E-state index contributed by atoms with van der Waals surface area (Å²) < 4.78 is 26.9. The number of thioether (sulfide) groups is 1. The molecule has 17 heavy (non-hydrogen) atoms. The summed E-state index contributed by atoms with van der Waals surface area (Å²) in [6, 6.07) is 4.31. The second-order valence-corrected chi connectivity index (χ2v) is 5.43. The third-order valence-corrected chi connectivity index (χ3v) is 4.06. The Bertz CT molecular complexity index is 474. The minimum absolute atomic E-state index is 0.0504. The second kappa shape index (κ2) is 5.51. The predicted molar refractivity (Wildman–Crippen MR) is 69.5 cm³/mol. The van der Waals surface area contributed by atoms with Crippen molar-refractivity contribution in [3.63, 3.8) is 0 Å². The number of nitrogen functional groups attached to an aromatic ring is 1. The topological polar surface area (TPSA) is 26.0 Å².